The second-order valence-electron chi connectivity index (χ2n) is 5.12. The van der Waals surface area contributed by atoms with Gasteiger partial charge in [-0.3, -0.25) is 4.98 Å². The summed E-state index contributed by atoms with van der Waals surface area (Å²) in [5.74, 6) is 0. The number of rotatable bonds is 5. The third-order valence-corrected chi connectivity index (χ3v) is 3.76. The Hall–Kier alpha value is -1.87. The number of nitrogens with two attached hydrogens (primary N) is 1. The van der Waals surface area contributed by atoms with Crippen LogP contribution in [0.2, 0.25) is 0 Å². The molecule has 1 aromatic heterocycles. The van der Waals surface area contributed by atoms with Crippen molar-refractivity contribution in [2.45, 2.75) is 26.3 Å². The van der Waals surface area contributed by atoms with Gasteiger partial charge in [0.25, 0.3) is 0 Å². The van der Waals surface area contributed by atoms with E-state index in [1.165, 1.54) is 11.3 Å². The van der Waals surface area contributed by atoms with Crippen LogP contribution >= 0.6 is 0 Å². The van der Waals surface area contributed by atoms with Crippen molar-refractivity contribution in [3.05, 3.63) is 59.4 Å². The van der Waals surface area contributed by atoms with Gasteiger partial charge in [0.1, 0.15) is 0 Å². The summed E-state index contributed by atoms with van der Waals surface area (Å²) in [5, 5.41) is 0. The standard InChI is InChI=1S/C17H23N3/c1-4-14-6-9-16(10-7-14)20(3)17(11-18)15-8-5-13(2)19-12-15/h5-10,12,17H,4,11,18H2,1-3H3. The van der Waals surface area contributed by atoms with E-state index >= 15 is 0 Å². The SMILES string of the molecule is CCc1ccc(N(C)C(CN)c2ccc(C)nc2)cc1. The first-order valence-electron chi connectivity index (χ1n) is 7.10. The third kappa shape index (κ3) is 3.17. The molecule has 1 unspecified atom stereocenters. The number of aryl methyl sites for hydroxylation is 2. The molecule has 106 valence electrons. The van der Waals surface area contributed by atoms with Gasteiger partial charge < -0.3 is 10.6 Å². The highest BCUT2D eigenvalue weighted by atomic mass is 15.1. The highest BCUT2D eigenvalue weighted by Gasteiger charge is 2.16. The van der Waals surface area contributed by atoms with Crippen LogP contribution < -0.4 is 10.6 Å². The summed E-state index contributed by atoms with van der Waals surface area (Å²) in [6, 6.07) is 12.9. The fourth-order valence-electron chi connectivity index (χ4n) is 2.34. The lowest BCUT2D eigenvalue weighted by molar-refractivity contribution is 0.677. The van der Waals surface area contributed by atoms with Gasteiger partial charge in [-0.2, -0.15) is 0 Å². The summed E-state index contributed by atoms with van der Waals surface area (Å²) >= 11 is 0. The predicted octanol–water partition coefficient (Wildman–Crippen LogP) is 3.09. The minimum Gasteiger partial charge on any atom is -0.366 e. The fourth-order valence-corrected chi connectivity index (χ4v) is 2.34. The average molecular weight is 269 g/mol. The smallest absolute Gasteiger partial charge is 0.0676 e. The maximum absolute atomic E-state index is 5.97. The lowest BCUT2D eigenvalue weighted by Gasteiger charge is -2.29. The second-order valence-corrected chi connectivity index (χ2v) is 5.12. The first-order valence-corrected chi connectivity index (χ1v) is 7.10. The van der Waals surface area contributed by atoms with Gasteiger partial charge in [-0.15, -0.1) is 0 Å². The summed E-state index contributed by atoms with van der Waals surface area (Å²) < 4.78 is 0. The molecule has 0 aliphatic carbocycles. The van der Waals surface area contributed by atoms with Gasteiger partial charge in [-0.1, -0.05) is 25.1 Å². The molecule has 0 spiro atoms. The summed E-state index contributed by atoms with van der Waals surface area (Å²) in [7, 11) is 2.08. The molecule has 0 saturated carbocycles. The average Bonchev–Trinajstić information content (AvgIpc) is 2.50. The van der Waals surface area contributed by atoms with Gasteiger partial charge >= 0.3 is 0 Å². The normalized spacial score (nSPS) is 12.2. The molecular weight excluding hydrogens is 246 g/mol. The number of anilines is 1. The van der Waals surface area contributed by atoms with Gasteiger partial charge in [0, 0.05) is 31.2 Å². The molecule has 1 aromatic carbocycles. The van der Waals surface area contributed by atoms with E-state index in [1.54, 1.807) is 0 Å². The maximum atomic E-state index is 5.97. The Bertz CT molecular complexity index is 531. The minimum absolute atomic E-state index is 0.149. The van der Waals surface area contributed by atoms with Crippen molar-refractivity contribution in [1.82, 2.24) is 4.98 Å². The topological polar surface area (TPSA) is 42.1 Å². The van der Waals surface area contributed by atoms with Crippen molar-refractivity contribution >= 4 is 5.69 Å². The number of hydrogen-bond donors (Lipinski definition) is 1. The Morgan fingerprint density at radius 2 is 1.85 bits per heavy atom. The second kappa shape index (κ2) is 6.53. The molecule has 0 radical (unpaired) electrons. The van der Waals surface area contributed by atoms with Crippen molar-refractivity contribution in [3.63, 3.8) is 0 Å². The van der Waals surface area contributed by atoms with E-state index in [0.717, 1.165) is 17.7 Å². The molecule has 3 nitrogen and oxygen atoms in total. The van der Waals surface area contributed by atoms with Crippen molar-refractivity contribution < 1.29 is 0 Å². The van der Waals surface area contributed by atoms with E-state index in [9.17, 15) is 0 Å². The molecule has 2 aromatic rings. The first-order chi connectivity index (χ1) is 9.65. The molecule has 0 saturated heterocycles. The summed E-state index contributed by atoms with van der Waals surface area (Å²) in [5.41, 5.74) is 10.7. The highest BCUT2D eigenvalue weighted by Crippen LogP contribution is 2.25. The molecular formula is C17H23N3. The van der Waals surface area contributed by atoms with Crippen molar-refractivity contribution in [3.8, 4) is 0 Å². The molecule has 0 aliphatic heterocycles. The number of likely N-dealkylation sites (N-methyl/N-ethyl adjacent to an activating group) is 1. The van der Waals surface area contributed by atoms with Crippen LogP contribution in [0.5, 0.6) is 0 Å². The molecule has 2 N–H and O–H groups in total. The molecule has 0 aliphatic rings. The molecule has 2 rings (SSSR count). The number of aromatic nitrogens is 1. The summed E-state index contributed by atoms with van der Waals surface area (Å²) in [6.07, 6.45) is 2.98. The molecule has 0 bridgehead atoms. The molecule has 1 atom stereocenters. The number of nitrogens with zero attached hydrogens (tertiary/aromatic N) is 2. The molecule has 1 heterocycles. The molecule has 0 amide bonds. The largest absolute Gasteiger partial charge is 0.366 e. The Balaban J connectivity index is 2.23. The Morgan fingerprint density at radius 3 is 2.35 bits per heavy atom. The summed E-state index contributed by atoms with van der Waals surface area (Å²) in [6.45, 7) is 4.73. The monoisotopic (exact) mass is 269 g/mol. The van der Waals surface area contributed by atoms with E-state index < -0.39 is 0 Å². The zero-order valence-corrected chi connectivity index (χ0v) is 12.5. The lowest BCUT2D eigenvalue weighted by atomic mass is 10.1. The van der Waals surface area contributed by atoms with E-state index in [1.807, 2.05) is 19.2 Å². The Kier molecular flexibility index (Phi) is 4.74. The fraction of sp³-hybridized carbons (Fsp3) is 0.353. The maximum Gasteiger partial charge on any atom is 0.0676 e. The summed E-state index contributed by atoms with van der Waals surface area (Å²) in [4.78, 5) is 6.58. The Labute approximate surface area is 121 Å². The van der Waals surface area contributed by atoms with Crippen LogP contribution in [0.4, 0.5) is 5.69 Å². The first kappa shape index (κ1) is 14.5. The molecule has 20 heavy (non-hydrogen) atoms. The Morgan fingerprint density at radius 1 is 1.15 bits per heavy atom. The zero-order chi connectivity index (χ0) is 14.5. The van der Waals surface area contributed by atoms with Crippen LogP contribution in [0.1, 0.15) is 29.8 Å². The highest BCUT2D eigenvalue weighted by molar-refractivity contribution is 5.49. The van der Waals surface area contributed by atoms with Crippen molar-refractivity contribution in [2.75, 3.05) is 18.5 Å². The van der Waals surface area contributed by atoms with E-state index in [-0.39, 0.29) is 6.04 Å². The van der Waals surface area contributed by atoms with Crippen LogP contribution in [0.15, 0.2) is 42.6 Å². The van der Waals surface area contributed by atoms with E-state index in [0.29, 0.717) is 6.54 Å². The van der Waals surface area contributed by atoms with Gasteiger partial charge in [-0.05, 0) is 42.7 Å². The lowest BCUT2D eigenvalue weighted by Crippen LogP contribution is -2.30. The quantitative estimate of drug-likeness (QED) is 0.907. The van der Waals surface area contributed by atoms with Gasteiger partial charge in [0.05, 0.1) is 6.04 Å². The van der Waals surface area contributed by atoms with Crippen molar-refractivity contribution in [2.24, 2.45) is 5.73 Å². The molecule has 0 fully saturated rings. The van der Waals surface area contributed by atoms with Gasteiger partial charge in [-0.25, -0.2) is 0 Å². The van der Waals surface area contributed by atoms with Gasteiger partial charge in [0.2, 0.25) is 0 Å². The number of pyridine rings is 1. The van der Waals surface area contributed by atoms with Crippen LogP contribution in [0, 0.1) is 6.92 Å². The minimum atomic E-state index is 0.149. The van der Waals surface area contributed by atoms with Gasteiger partial charge in [0.15, 0.2) is 0 Å². The number of benzene rings is 1. The molecule has 3 heteroatoms. The van der Waals surface area contributed by atoms with Crippen LogP contribution in [-0.4, -0.2) is 18.6 Å². The predicted molar refractivity (Wildman–Crippen MR) is 85.0 cm³/mol. The van der Waals surface area contributed by atoms with Crippen molar-refractivity contribution in [1.29, 1.82) is 0 Å². The van der Waals surface area contributed by atoms with Crippen LogP contribution in [0.3, 0.4) is 0 Å². The van der Waals surface area contributed by atoms with Crippen LogP contribution in [-0.2, 0) is 6.42 Å². The zero-order valence-electron chi connectivity index (χ0n) is 12.5. The number of hydrogen-bond acceptors (Lipinski definition) is 3. The van der Waals surface area contributed by atoms with E-state index in [4.69, 9.17) is 5.73 Å². The van der Waals surface area contributed by atoms with Crippen LogP contribution in [0.25, 0.3) is 0 Å². The third-order valence-electron chi connectivity index (χ3n) is 3.76. The van der Waals surface area contributed by atoms with E-state index in [2.05, 4.69) is 54.2 Å².